The zero-order chi connectivity index (χ0) is 16.7. The van der Waals surface area contributed by atoms with Crippen LogP contribution in [-0.2, 0) is 9.84 Å². The van der Waals surface area contributed by atoms with Crippen molar-refractivity contribution >= 4 is 9.84 Å². The Morgan fingerprint density at radius 1 is 1.00 bits per heavy atom. The van der Waals surface area contributed by atoms with E-state index in [1.54, 1.807) is 30.3 Å². The lowest BCUT2D eigenvalue weighted by Crippen LogP contribution is -2.30. The van der Waals surface area contributed by atoms with Gasteiger partial charge in [-0.1, -0.05) is 48.5 Å². The molecule has 0 amide bonds. The first kappa shape index (κ1) is 17.7. The molecule has 1 unspecified atom stereocenters. The Balaban J connectivity index is 2.06. The fraction of sp³-hybridized carbons (Fsp3) is 0.333. The Bertz CT molecular complexity index is 687. The predicted molar refractivity (Wildman–Crippen MR) is 92.0 cm³/mol. The zero-order valence-electron chi connectivity index (χ0n) is 13.3. The fourth-order valence-electron chi connectivity index (χ4n) is 2.60. The highest BCUT2D eigenvalue weighted by Crippen LogP contribution is 2.23. The summed E-state index contributed by atoms with van der Waals surface area (Å²) < 4.78 is 24.8. The van der Waals surface area contributed by atoms with Crippen molar-refractivity contribution in [2.45, 2.75) is 17.4 Å². The largest absolute Gasteiger partial charge is 0.396 e. The summed E-state index contributed by atoms with van der Waals surface area (Å²) in [5.74, 6) is 0.0578. The molecule has 0 radical (unpaired) electrons. The molecule has 0 aliphatic rings. The lowest BCUT2D eigenvalue weighted by molar-refractivity contribution is 0.192. The molecule has 4 nitrogen and oxygen atoms in total. The molecule has 23 heavy (non-hydrogen) atoms. The van der Waals surface area contributed by atoms with Gasteiger partial charge in [0.05, 0.1) is 10.6 Å². The van der Waals surface area contributed by atoms with Crippen molar-refractivity contribution in [3.05, 3.63) is 66.2 Å². The second-order valence-electron chi connectivity index (χ2n) is 5.55. The number of aliphatic hydroxyl groups is 1. The van der Waals surface area contributed by atoms with E-state index in [9.17, 15) is 13.5 Å². The van der Waals surface area contributed by atoms with Gasteiger partial charge in [0.25, 0.3) is 0 Å². The Labute approximate surface area is 138 Å². The fourth-order valence-corrected chi connectivity index (χ4v) is 3.94. The van der Waals surface area contributed by atoms with Gasteiger partial charge in [-0.2, -0.15) is 0 Å². The summed E-state index contributed by atoms with van der Waals surface area (Å²) in [7, 11) is -1.39. The van der Waals surface area contributed by atoms with E-state index >= 15 is 0 Å². The molecule has 0 aliphatic carbocycles. The van der Waals surface area contributed by atoms with Crippen molar-refractivity contribution in [3.63, 3.8) is 0 Å². The van der Waals surface area contributed by atoms with Gasteiger partial charge in [-0.05, 0) is 31.2 Å². The second-order valence-corrected chi connectivity index (χ2v) is 7.66. The number of sulfone groups is 1. The number of hydrogen-bond donors (Lipinski definition) is 1. The van der Waals surface area contributed by atoms with E-state index in [1.165, 1.54) is 0 Å². The van der Waals surface area contributed by atoms with Crippen LogP contribution >= 0.6 is 0 Å². The van der Waals surface area contributed by atoms with Gasteiger partial charge < -0.3 is 5.11 Å². The number of aliphatic hydroxyl groups excluding tert-OH is 1. The van der Waals surface area contributed by atoms with E-state index in [0.29, 0.717) is 17.9 Å². The first-order chi connectivity index (χ1) is 11.0. The molecule has 0 aliphatic heterocycles. The van der Waals surface area contributed by atoms with Gasteiger partial charge in [-0.3, -0.25) is 4.90 Å². The van der Waals surface area contributed by atoms with E-state index in [2.05, 4.69) is 0 Å². The van der Waals surface area contributed by atoms with Gasteiger partial charge >= 0.3 is 0 Å². The molecule has 2 aromatic carbocycles. The van der Waals surface area contributed by atoms with Crippen LogP contribution in [0.2, 0.25) is 0 Å². The lowest BCUT2D eigenvalue weighted by atomic mass is 10.0. The maximum absolute atomic E-state index is 12.4. The monoisotopic (exact) mass is 333 g/mol. The molecule has 0 bridgehead atoms. The average molecular weight is 333 g/mol. The molecule has 0 saturated heterocycles. The molecule has 0 fully saturated rings. The molecule has 2 rings (SSSR count). The van der Waals surface area contributed by atoms with Gasteiger partial charge in [-0.15, -0.1) is 0 Å². The van der Waals surface area contributed by atoms with E-state index in [1.807, 2.05) is 42.3 Å². The summed E-state index contributed by atoms with van der Waals surface area (Å²) in [6.07, 6.45) is 0.575. The van der Waals surface area contributed by atoms with E-state index in [4.69, 9.17) is 0 Å². The topological polar surface area (TPSA) is 57.6 Å². The minimum atomic E-state index is -3.29. The molecule has 0 heterocycles. The summed E-state index contributed by atoms with van der Waals surface area (Å²) >= 11 is 0. The van der Waals surface area contributed by atoms with Crippen molar-refractivity contribution in [2.75, 3.05) is 26.0 Å². The van der Waals surface area contributed by atoms with Gasteiger partial charge in [0.15, 0.2) is 9.84 Å². The van der Waals surface area contributed by atoms with Crippen LogP contribution in [0, 0.1) is 0 Å². The van der Waals surface area contributed by atoms with Crippen molar-refractivity contribution in [3.8, 4) is 0 Å². The number of hydrogen-bond acceptors (Lipinski definition) is 4. The predicted octanol–water partition coefficient (Wildman–Crippen LogP) is 2.52. The number of benzene rings is 2. The standard InChI is InChI=1S/C18H23NO3S/c1-19(18(12-14-20)16-8-4-2-5-9-16)13-15-23(21,22)17-10-6-3-7-11-17/h2-11,18,20H,12-15H2,1H3. The lowest BCUT2D eigenvalue weighted by Gasteiger charge is -2.28. The first-order valence-electron chi connectivity index (χ1n) is 7.68. The SMILES string of the molecule is CN(CCS(=O)(=O)c1ccccc1)C(CCO)c1ccccc1. The molecule has 1 N–H and O–H groups in total. The first-order valence-corrected chi connectivity index (χ1v) is 9.33. The minimum Gasteiger partial charge on any atom is -0.396 e. The van der Waals surface area contributed by atoms with Gasteiger partial charge in [-0.25, -0.2) is 8.42 Å². The third-order valence-corrected chi connectivity index (χ3v) is 5.64. The van der Waals surface area contributed by atoms with Gasteiger partial charge in [0.2, 0.25) is 0 Å². The summed E-state index contributed by atoms with van der Waals surface area (Å²) in [6.45, 7) is 0.478. The molecule has 0 aromatic heterocycles. The Morgan fingerprint density at radius 2 is 1.57 bits per heavy atom. The molecular formula is C18H23NO3S. The maximum Gasteiger partial charge on any atom is 0.179 e. The number of rotatable bonds is 8. The zero-order valence-corrected chi connectivity index (χ0v) is 14.1. The molecule has 0 saturated carbocycles. The van der Waals surface area contributed by atoms with Crippen LogP contribution in [-0.4, -0.2) is 44.4 Å². The molecule has 124 valence electrons. The van der Waals surface area contributed by atoms with Crippen molar-refractivity contribution < 1.29 is 13.5 Å². The third kappa shape index (κ3) is 4.89. The van der Waals surface area contributed by atoms with Crippen LogP contribution in [0.1, 0.15) is 18.0 Å². The maximum atomic E-state index is 12.4. The van der Waals surface area contributed by atoms with Crippen LogP contribution in [0.25, 0.3) is 0 Å². The third-order valence-electron chi connectivity index (χ3n) is 3.93. The normalized spacial score (nSPS) is 13.2. The quantitative estimate of drug-likeness (QED) is 0.806. The molecule has 5 heteroatoms. The van der Waals surface area contributed by atoms with Crippen LogP contribution in [0.3, 0.4) is 0 Å². The van der Waals surface area contributed by atoms with Crippen molar-refractivity contribution in [1.29, 1.82) is 0 Å². The van der Waals surface area contributed by atoms with Crippen molar-refractivity contribution in [1.82, 2.24) is 4.90 Å². The summed E-state index contributed by atoms with van der Waals surface area (Å²) in [5, 5.41) is 9.31. The molecule has 2 aromatic rings. The van der Waals surface area contributed by atoms with E-state index in [-0.39, 0.29) is 18.4 Å². The van der Waals surface area contributed by atoms with Crippen LogP contribution in [0.5, 0.6) is 0 Å². The van der Waals surface area contributed by atoms with Crippen LogP contribution < -0.4 is 0 Å². The van der Waals surface area contributed by atoms with Gasteiger partial charge in [0.1, 0.15) is 0 Å². The summed E-state index contributed by atoms with van der Waals surface area (Å²) in [5.41, 5.74) is 1.08. The summed E-state index contributed by atoms with van der Waals surface area (Å²) in [4.78, 5) is 2.35. The van der Waals surface area contributed by atoms with Gasteiger partial charge in [0, 0.05) is 19.2 Å². The average Bonchev–Trinajstić information content (AvgIpc) is 2.59. The minimum absolute atomic E-state index is 0.00664. The molecule has 0 spiro atoms. The smallest absolute Gasteiger partial charge is 0.179 e. The van der Waals surface area contributed by atoms with E-state index < -0.39 is 9.84 Å². The molecule has 1 atom stereocenters. The highest BCUT2D eigenvalue weighted by molar-refractivity contribution is 7.91. The Kier molecular flexibility index (Phi) is 6.33. The van der Waals surface area contributed by atoms with E-state index in [0.717, 1.165) is 5.56 Å². The van der Waals surface area contributed by atoms with Crippen LogP contribution in [0.4, 0.5) is 0 Å². The number of nitrogens with zero attached hydrogens (tertiary/aromatic N) is 1. The molecular weight excluding hydrogens is 310 g/mol. The Morgan fingerprint density at radius 3 is 2.13 bits per heavy atom. The highest BCUT2D eigenvalue weighted by atomic mass is 32.2. The highest BCUT2D eigenvalue weighted by Gasteiger charge is 2.20. The summed E-state index contributed by atoms with van der Waals surface area (Å²) in [6, 6.07) is 18.4. The van der Waals surface area contributed by atoms with Crippen LogP contribution in [0.15, 0.2) is 65.6 Å². The second kappa shape index (κ2) is 8.24. The van der Waals surface area contributed by atoms with Crippen molar-refractivity contribution in [2.24, 2.45) is 0 Å². The Hall–Kier alpha value is -1.69.